The van der Waals surface area contributed by atoms with Gasteiger partial charge in [0, 0.05) is 18.0 Å². The van der Waals surface area contributed by atoms with Gasteiger partial charge in [-0.05, 0) is 12.5 Å². The Kier molecular flexibility index (Phi) is 2.09. The maximum absolute atomic E-state index is 11.9. The number of sulfone groups is 1. The Morgan fingerprint density at radius 1 is 1.25 bits per heavy atom. The average Bonchev–Trinajstić information content (AvgIpc) is 2.58. The van der Waals surface area contributed by atoms with Crippen molar-refractivity contribution < 1.29 is 13.2 Å². The zero-order valence-corrected chi connectivity index (χ0v) is 9.48. The second kappa shape index (κ2) is 3.28. The minimum Gasteiger partial charge on any atom is -0.302 e. The van der Waals surface area contributed by atoms with Crippen LogP contribution in [0.2, 0.25) is 0 Å². The number of fused-ring (bicyclic) bond motifs is 2. The summed E-state index contributed by atoms with van der Waals surface area (Å²) >= 11 is 0. The predicted molar refractivity (Wildman–Crippen MR) is 59.7 cm³/mol. The van der Waals surface area contributed by atoms with Gasteiger partial charge in [0.1, 0.15) is 0 Å². The van der Waals surface area contributed by atoms with E-state index in [1.165, 1.54) is 0 Å². The van der Waals surface area contributed by atoms with Crippen molar-refractivity contribution in [2.75, 3.05) is 5.75 Å². The number of hydrogen-bond acceptors (Lipinski definition) is 4. The van der Waals surface area contributed by atoms with Crippen LogP contribution in [-0.4, -0.2) is 37.3 Å². The summed E-state index contributed by atoms with van der Waals surface area (Å²) < 4.78 is 23.8. The fourth-order valence-electron chi connectivity index (χ4n) is 2.80. The van der Waals surface area contributed by atoms with Crippen LogP contribution in [0.15, 0.2) is 24.3 Å². The summed E-state index contributed by atoms with van der Waals surface area (Å²) in [5.74, 6) is -0.0160. The van der Waals surface area contributed by atoms with E-state index in [4.69, 9.17) is 0 Å². The fourth-order valence-corrected chi connectivity index (χ4v) is 4.55. The molecule has 86 valence electrons. The average molecular weight is 239 g/mol. The van der Waals surface area contributed by atoms with E-state index in [0.29, 0.717) is 6.42 Å². The molecule has 1 fully saturated rings. The van der Waals surface area contributed by atoms with Crippen LogP contribution in [0.3, 0.4) is 0 Å². The number of rotatable bonds is 0. The van der Waals surface area contributed by atoms with Crippen molar-refractivity contribution in [2.24, 2.45) is 5.92 Å². The Balaban J connectivity index is 1.95. The smallest absolute Gasteiger partial charge is 0.160 e. The van der Waals surface area contributed by atoms with Gasteiger partial charge in [-0.1, -0.05) is 18.2 Å². The topological polar surface area (TPSA) is 63.2 Å². The van der Waals surface area contributed by atoms with Crippen LogP contribution >= 0.6 is 0 Å². The summed E-state index contributed by atoms with van der Waals surface area (Å²) in [6, 6.07) is -0.109. The number of nitrogens with one attached hydrogen (secondary N) is 1. The Labute approximate surface area is 94.3 Å². The van der Waals surface area contributed by atoms with E-state index < -0.39 is 15.1 Å². The van der Waals surface area contributed by atoms with Gasteiger partial charge in [-0.25, -0.2) is 8.42 Å². The van der Waals surface area contributed by atoms with Gasteiger partial charge < -0.3 is 5.32 Å². The lowest BCUT2D eigenvalue weighted by molar-refractivity contribution is -0.118. The number of ketones is 1. The molecule has 0 aromatic carbocycles. The van der Waals surface area contributed by atoms with E-state index in [0.717, 1.165) is 0 Å². The van der Waals surface area contributed by atoms with Crippen molar-refractivity contribution in [3.8, 4) is 0 Å². The van der Waals surface area contributed by atoms with Gasteiger partial charge in [0.15, 0.2) is 15.6 Å². The van der Waals surface area contributed by atoms with Crippen molar-refractivity contribution in [2.45, 2.75) is 23.8 Å². The first-order chi connectivity index (χ1) is 7.58. The highest BCUT2D eigenvalue weighted by molar-refractivity contribution is 7.92. The first-order valence-electron chi connectivity index (χ1n) is 5.44. The molecule has 4 nitrogen and oxygen atoms in total. The largest absolute Gasteiger partial charge is 0.302 e. The number of allylic oxidation sites excluding steroid dienone is 1. The second-order valence-electron chi connectivity index (χ2n) is 4.62. The predicted octanol–water partition coefficient (Wildman–Crippen LogP) is -0.175. The van der Waals surface area contributed by atoms with Crippen LogP contribution in [0.4, 0.5) is 0 Å². The highest BCUT2D eigenvalue weighted by atomic mass is 32.2. The third-order valence-electron chi connectivity index (χ3n) is 3.67. The molecule has 0 amide bonds. The second-order valence-corrected chi connectivity index (χ2v) is 6.88. The van der Waals surface area contributed by atoms with Gasteiger partial charge in [0.25, 0.3) is 0 Å². The van der Waals surface area contributed by atoms with Crippen molar-refractivity contribution in [1.29, 1.82) is 0 Å². The third kappa shape index (κ3) is 1.38. The number of carbonyl (C=O) groups is 1. The van der Waals surface area contributed by atoms with Crippen LogP contribution in [0, 0.1) is 5.92 Å². The first kappa shape index (κ1) is 10.2. The lowest BCUT2D eigenvalue weighted by Crippen LogP contribution is -2.57. The summed E-state index contributed by atoms with van der Waals surface area (Å²) in [6.45, 7) is 0. The molecule has 0 spiro atoms. The molecule has 16 heavy (non-hydrogen) atoms. The Morgan fingerprint density at radius 3 is 2.88 bits per heavy atom. The molecular weight excluding hydrogens is 226 g/mol. The molecular formula is C11H13NO3S. The molecule has 2 heterocycles. The first-order valence-corrected chi connectivity index (χ1v) is 7.16. The monoisotopic (exact) mass is 239 g/mol. The number of carbonyl (C=O) groups excluding carboxylic acids is 1. The van der Waals surface area contributed by atoms with Gasteiger partial charge in [0.05, 0.1) is 11.0 Å². The minimum atomic E-state index is -3.08. The number of piperidine rings is 1. The van der Waals surface area contributed by atoms with Gasteiger partial charge >= 0.3 is 0 Å². The fraction of sp³-hybridized carbons (Fsp3) is 0.545. The van der Waals surface area contributed by atoms with Crippen molar-refractivity contribution in [3.63, 3.8) is 0 Å². The zero-order valence-electron chi connectivity index (χ0n) is 8.67. The summed E-state index contributed by atoms with van der Waals surface area (Å²) in [7, 11) is -3.08. The molecule has 0 saturated carbocycles. The molecule has 0 aromatic rings. The van der Waals surface area contributed by atoms with E-state index in [9.17, 15) is 13.2 Å². The van der Waals surface area contributed by atoms with Gasteiger partial charge in [0.2, 0.25) is 0 Å². The maximum atomic E-state index is 11.9. The summed E-state index contributed by atoms with van der Waals surface area (Å²) in [5, 5.41) is 2.80. The Bertz CT molecular complexity index is 491. The highest BCUT2D eigenvalue weighted by Gasteiger charge is 2.45. The van der Waals surface area contributed by atoms with Crippen LogP contribution in [-0.2, 0) is 14.6 Å². The van der Waals surface area contributed by atoms with E-state index >= 15 is 0 Å². The van der Waals surface area contributed by atoms with Gasteiger partial charge in [-0.3, -0.25) is 4.79 Å². The summed E-state index contributed by atoms with van der Waals surface area (Å²) in [4.78, 5) is 11.6. The van der Waals surface area contributed by atoms with Crippen molar-refractivity contribution in [3.05, 3.63) is 24.3 Å². The van der Waals surface area contributed by atoms with E-state index in [2.05, 4.69) is 5.32 Å². The zero-order chi connectivity index (χ0) is 11.3. The lowest BCUT2D eigenvalue weighted by Gasteiger charge is -2.38. The van der Waals surface area contributed by atoms with Crippen LogP contribution in [0.1, 0.15) is 6.42 Å². The Morgan fingerprint density at radius 2 is 2.06 bits per heavy atom. The molecule has 0 aromatic heterocycles. The van der Waals surface area contributed by atoms with E-state index in [1.807, 2.05) is 12.2 Å². The van der Waals surface area contributed by atoms with Crippen LogP contribution in [0.5, 0.6) is 0 Å². The van der Waals surface area contributed by atoms with Crippen LogP contribution in [0.25, 0.3) is 0 Å². The SMILES string of the molecule is O=C1C=CC2NC3C=CCS(=O)(=O)C3CC12. The van der Waals surface area contributed by atoms with Crippen molar-refractivity contribution in [1.82, 2.24) is 5.32 Å². The van der Waals surface area contributed by atoms with Gasteiger partial charge in [-0.15, -0.1) is 0 Å². The normalized spacial score (nSPS) is 44.1. The minimum absolute atomic E-state index is 0.0201. The number of hydrogen-bond donors (Lipinski definition) is 1. The molecule has 1 saturated heterocycles. The molecule has 4 atom stereocenters. The molecule has 5 heteroatoms. The maximum Gasteiger partial charge on any atom is 0.160 e. The van der Waals surface area contributed by atoms with Crippen molar-refractivity contribution >= 4 is 15.6 Å². The molecule has 3 rings (SSSR count). The quantitative estimate of drug-likeness (QED) is 0.596. The highest BCUT2D eigenvalue weighted by Crippen LogP contribution is 2.32. The molecule has 1 aliphatic carbocycles. The third-order valence-corrected chi connectivity index (χ3v) is 5.74. The standard InChI is InChI=1S/C11H13NO3S/c13-10-4-3-8-7(10)6-11-9(12-8)2-1-5-16(11,14)15/h1-4,7-9,11-12H,5-6H2. The molecule has 2 aliphatic heterocycles. The molecule has 0 bridgehead atoms. The molecule has 1 N–H and O–H groups in total. The summed E-state index contributed by atoms with van der Waals surface area (Å²) in [6.07, 6.45) is 7.48. The summed E-state index contributed by atoms with van der Waals surface area (Å²) in [5.41, 5.74) is 0. The Hall–Kier alpha value is -0.940. The molecule has 0 radical (unpaired) electrons. The lowest BCUT2D eigenvalue weighted by atomic mass is 9.88. The van der Waals surface area contributed by atoms with Gasteiger partial charge in [-0.2, -0.15) is 0 Å². The van der Waals surface area contributed by atoms with E-state index in [-0.39, 0.29) is 29.5 Å². The molecule has 3 aliphatic rings. The molecule has 4 unspecified atom stereocenters. The van der Waals surface area contributed by atoms with E-state index in [1.54, 1.807) is 12.2 Å². The van der Waals surface area contributed by atoms with Crippen LogP contribution < -0.4 is 5.32 Å².